The van der Waals surface area contributed by atoms with Crippen molar-refractivity contribution in [2.45, 2.75) is 42.7 Å². The Bertz CT molecular complexity index is 871. The van der Waals surface area contributed by atoms with Gasteiger partial charge in [-0.2, -0.15) is 0 Å². The number of amides is 1. The summed E-state index contributed by atoms with van der Waals surface area (Å²) in [6.07, 6.45) is 3.47. The lowest BCUT2D eigenvalue weighted by atomic mass is 9.55. The molecule has 4 rings (SSSR count). The number of methoxy groups -OCH3 is 1. The number of phenols is 1. The summed E-state index contributed by atoms with van der Waals surface area (Å²) in [5.74, 6) is 0.246. The number of carbonyl (C=O) groups excluding carboxylic acids is 1. The minimum Gasteiger partial charge on any atom is -0.508 e. The van der Waals surface area contributed by atoms with Crippen LogP contribution in [-0.2, 0) is 10.2 Å². The molecule has 2 fully saturated rings. The van der Waals surface area contributed by atoms with Crippen molar-refractivity contribution < 1.29 is 14.6 Å². The van der Waals surface area contributed by atoms with Gasteiger partial charge >= 0.3 is 0 Å². The van der Waals surface area contributed by atoms with Gasteiger partial charge in [-0.3, -0.25) is 4.79 Å². The molecule has 2 N–H and O–H groups in total. The molecule has 154 valence electrons. The fraction of sp³-hybridized carbons (Fsp3) is 0.458. The standard InChI is InChI=1S/C24H30N2O3/c1-26-14-13-23(19-9-6-10-21(27)15-19)16-20(11-12-24(23,17-26)29-2)25-22(28)18-7-4-3-5-8-18/h3-10,15,20,27H,11-14,16-17H2,1-2H3,(H,25,28)/t20-,23-,24-/m0/s1. The molecule has 0 bridgehead atoms. The Hall–Kier alpha value is -2.37. The molecule has 0 unspecified atom stereocenters. The van der Waals surface area contributed by atoms with Crippen LogP contribution in [0.1, 0.15) is 41.6 Å². The summed E-state index contributed by atoms with van der Waals surface area (Å²) < 4.78 is 6.25. The number of aromatic hydroxyl groups is 1. The van der Waals surface area contributed by atoms with Crippen LogP contribution in [0.3, 0.4) is 0 Å². The predicted molar refractivity (Wildman–Crippen MR) is 113 cm³/mol. The van der Waals surface area contributed by atoms with Gasteiger partial charge in [0.2, 0.25) is 0 Å². The van der Waals surface area contributed by atoms with Crippen molar-refractivity contribution in [2.24, 2.45) is 0 Å². The quantitative estimate of drug-likeness (QED) is 0.835. The molecule has 29 heavy (non-hydrogen) atoms. The van der Waals surface area contributed by atoms with E-state index >= 15 is 0 Å². The summed E-state index contributed by atoms with van der Waals surface area (Å²) in [6.45, 7) is 1.80. The Morgan fingerprint density at radius 3 is 2.69 bits per heavy atom. The van der Waals surface area contributed by atoms with Gasteiger partial charge in [-0.15, -0.1) is 0 Å². The highest BCUT2D eigenvalue weighted by Gasteiger charge is 2.58. The topological polar surface area (TPSA) is 61.8 Å². The first-order valence-corrected chi connectivity index (χ1v) is 10.4. The molecule has 0 aromatic heterocycles. The van der Waals surface area contributed by atoms with E-state index in [1.54, 1.807) is 13.2 Å². The van der Waals surface area contributed by atoms with E-state index in [2.05, 4.69) is 23.3 Å². The van der Waals surface area contributed by atoms with E-state index in [9.17, 15) is 9.90 Å². The van der Waals surface area contributed by atoms with E-state index in [1.807, 2.05) is 42.5 Å². The van der Waals surface area contributed by atoms with Crippen molar-refractivity contribution in [2.75, 3.05) is 27.2 Å². The molecule has 2 aromatic rings. The summed E-state index contributed by atoms with van der Waals surface area (Å²) in [5.41, 5.74) is 1.21. The van der Waals surface area contributed by atoms with Crippen LogP contribution in [0.15, 0.2) is 54.6 Å². The summed E-state index contributed by atoms with van der Waals surface area (Å²) >= 11 is 0. The lowest BCUT2D eigenvalue weighted by molar-refractivity contribution is -0.144. The second kappa shape index (κ2) is 7.81. The van der Waals surface area contributed by atoms with Gasteiger partial charge in [-0.05, 0) is 69.1 Å². The number of hydrogen-bond acceptors (Lipinski definition) is 4. The number of rotatable bonds is 4. The number of likely N-dealkylation sites (N-methyl/N-ethyl adjacent to an activating group) is 1. The van der Waals surface area contributed by atoms with E-state index in [1.165, 1.54) is 0 Å². The predicted octanol–water partition coefficient (Wildman–Crippen LogP) is 3.33. The summed E-state index contributed by atoms with van der Waals surface area (Å²) in [4.78, 5) is 15.1. The van der Waals surface area contributed by atoms with Gasteiger partial charge < -0.3 is 20.1 Å². The number of phenolic OH excluding ortho intramolecular Hbond substituents is 1. The number of likely N-dealkylation sites (tertiary alicyclic amines) is 1. The molecule has 1 heterocycles. The Labute approximate surface area is 172 Å². The highest BCUT2D eigenvalue weighted by atomic mass is 16.5. The molecule has 1 saturated carbocycles. The first-order chi connectivity index (χ1) is 14.0. The number of nitrogens with one attached hydrogen (secondary N) is 1. The number of fused-ring (bicyclic) bond motifs is 1. The molecular weight excluding hydrogens is 364 g/mol. The number of ether oxygens (including phenoxy) is 1. The molecule has 0 radical (unpaired) electrons. The lowest BCUT2D eigenvalue weighted by Crippen LogP contribution is -2.67. The number of piperidine rings is 1. The first-order valence-electron chi connectivity index (χ1n) is 10.4. The second-order valence-electron chi connectivity index (χ2n) is 8.60. The maximum absolute atomic E-state index is 12.8. The summed E-state index contributed by atoms with van der Waals surface area (Å²) in [5, 5.41) is 13.4. The minimum absolute atomic E-state index is 0.0282. The SMILES string of the molecule is CO[C@]12CC[C@H](NC(=O)c3ccccc3)C[C@]1(c1cccc(O)c1)CCN(C)C2. The third-order valence-electron chi connectivity index (χ3n) is 6.97. The normalized spacial score (nSPS) is 29.8. The molecule has 5 heteroatoms. The van der Waals surface area contributed by atoms with Crippen molar-refractivity contribution in [1.29, 1.82) is 0 Å². The monoisotopic (exact) mass is 394 g/mol. The molecule has 1 amide bonds. The summed E-state index contributed by atoms with van der Waals surface area (Å²) in [6, 6.07) is 17.0. The molecule has 1 saturated heterocycles. The van der Waals surface area contributed by atoms with Gasteiger partial charge in [0.15, 0.2) is 0 Å². The average Bonchev–Trinajstić information content (AvgIpc) is 2.74. The number of nitrogens with zero attached hydrogens (tertiary/aromatic N) is 1. The lowest BCUT2D eigenvalue weighted by Gasteiger charge is -2.59. The molecule has 0 spiro atoms. The van der Waals surface area contributed by atoms with Crippen molar-refractivity contribution in [3.8, 4) is 5.75 Å². The number of hydrogen-bond donors (Lipinski definition) is 2. The molecule has 1 aliphatic carbocycles. The molecule has 2 aliphatic rings. The molecule has 5 nitrogen and oxygen atoms in total. The third kappa shape index (κ3) is 3.53. The van der Waals surface area contributed by atoms with Crippen LogP contribution in [0.2, 0.25) is 0 Å². The van der Waals surface area contributed by atoms with Gasteiger partial charge in [0.1, 0.15) is 5.75 Å². The van der Waals surface area contributed by atoms with Crippen LogP contribution < -0.4 is 5.32 Å². The van der Waals surface area contributed by atoms with Gasteiger partial charge in [0.25, 0.3) is 5.91 Å². The fourth-order valence-electron chi connectivity index (χ4n) is 5.48. The van der Waals surface area contributed by atoms with Crippen molar-refractivity contribution >= 4 is 5.91 Å². The minimum atomic E-state index is -0.332. The third-order valence-corrected chi connectivity index (χ3v) is 6.97. The van der Waals surface area contributed by atoms with Crippen LogP contribution in [0.5, 0.6) is 5.75 Å². The van der Waals surface area contributed by atoms with Gasteiger partial charge in [0, 0.05) is 30.7 Å². The number of carbonyl (C=O) groups is 1. The van der Waals surface area contributed by atoms with E-state index < -0.39 is 0 Å². The first kappa shape index (κ1) is 19.9. The largest absolute Gasteiger partial charge is 0.508 e. The van der Waals surface area contributed by atoms with Crippen LogP contribution in [0.4, 0.5) is 0 Å². The molecule has 3 atom stereocenters. The maximum Gasteiger partial charge on any atom is 0.251 e. The van der Waals surface area contributed by atoms with Gasteiger partial charge in [0.05, 0.1) is 5.60 Å². The van der Waals surface area contributed by atoms with Crippen LogP contribution in [0, 0.1) is 0 Å². The summed E-state index contributed by atoms with van der Waals surface area (Å²) in [7, 11) is 3.94. The Morgan fingerprint density at radius 2 is 1.97 bits per heavy atom. The fourth-order valence-corrected chi connectivity index (χ4v) is 5.48. The van der Waals surface area contributed by atoms with Gasteiger partial charge in [-0.25, -0.2) is 0 Å². The Balaban J connectivity index is 1.67. The van der Waals surface area contributed by atoms with Crippen LogP contribution in [0.25, 0.3) is 0 Å². The smallest absolute Gasteiger partial charge is 0.251 e. The zero-order chi connectivity index (χ0) is 20.5. The molecule has 2 aromatic carbocycles. The van der Waals surface area contributed by atoms with E-state index in [0.717, 1.165) is 44.3 Å². The van der Waals surface area contributed by atoms with E-state index in [-0.39, 0.29) is 28.7 Å². The van der Waals surface area contributed by atoms with E-state index in [0.29, 0.717) is 5.56 Å². The Kier molecular flexibility index (Phi) is 5.36. The highest BCUT2D eigenvalue weighted by Crippen LogP contribution is 2.53. The van der Waals surface area contributed by atoms with Gasteiger partial charge in [-0.1, -0.05) is 30.3 Å². The zero-order valence-corrected chi connectivity index (χ0v) is 17.2. The zero-order valence-electron chi connectivity index (χ0n) is 17.2. The Morgan fingerprint density at radius 1 is 1.17 bits per heavy atom. The van der Waals surface area contributed by atoms with Crippen molar-refractivity contribution in [1.82, 2.24) is 10.2 Å². The van der Waals surface area contributed by atoms with Crippen molar-refractivity contribution in [3.63, 3.8) is 0 Å². The maximum atomic E-state index is 12.8. The second-order valence-corrected chi connectivity index (χ2v) is 8.60. The van der Waals surface area contributed by atoms with Crippen molar-refractivity contribution in [3.05, 3.63) is 65.7 Å². The molecular formula is C24H30N2O3. The highest BCUT2D eigenvalue weighted by molar-refractivity contribution is 5.94. The average molecular weight is 395 g/mol. The molecule has 1 aliphatic heterocycles. The van der Waals surface area contributed by atoms with E-state index in [4.69, 9.17) is 4.74 Å². The van der Waals surface area contributed by atoms with Crippen LogP contribution in [-0.4, -0.2) is 54.8 Å². The number of benzene rings is 2. The van der Waals surface area contributed by atoms with Crippen LogP contribution >= 0.6 is 0 Å².